The number of ether oxygens (including phenoxy) is 1. The van der Waals surface area contributed by atoms with Gasteiger partial charge in [-0.05, 0) is 66.8 Å². The van der Waals surface area contributed by atoms with Gasteiger partial charge in [-0.15, -0.1) is 0 Å². The lowest BCUT2D eigenvalue weighted by Gasteiger charge is -2.11. The van der Waals surface area contributed by atoms with E-state index in [0.29, 0.717) is 42.0 Å². The fourth-order valence-electron chi connectivity index (χ4n) is 5.16. The van der Waals surface area contributed by atoms with Crippen molar-refractivity contribution in [3.63, 3.8) is 0 Å². The highest BCUT2D eigenvalue weighted by Gasteiger charge is 2.51. The monoisotopic (exact) mass is 534 g/mol. The lowest BCUT2D eigenvalue weighted by Crippen LogP contribution is -2.19. The molecule has 0 atom stereocenters. The predicted octanol–water partition coefficient (Wildman–Crippen LogP) is 7.23. The van der Waals surface area contributed by atoms with Crippen molar-refractivity contribution < 1.29 is 23.6 Å². The Bertz CT molecular complexity index is 1700. The summed E-state index contributed by atoms with van der Waals surface area (Å²) < 4.78 is 25.1. The van der Waals surface area contributed by atoms with E-state index in [1.807, 2.05) is 73.7 Å². The van der Waals surface area contributed by atoms with Gasteiger partial charge in [-0.2, -0.15) is 0 Å². The minimum atomic E-state index is -0.752. The van der Waals surface area contributed by atoms with Crippen molar-refractivity contribution in [2.75, 3.05) is 7.11 Å². The van der Waals surface area contributed by atoms with Gasteiger partial charge in [0.05, 0.1) is 23.9 Å². The van der Waals surface area contributed by atoms with Crippen LogP contribution in [0.2, 0.25) is 0 Å². The molecule has 0 radical (unpaired) electrons. The number of hydrogen-bond acceptors (Lipinski definition) is 5. The van der Waals surface area contributed by atoms with Crippen molar-refractivity contribution in [1.82, 2.24) is 10.1 Å². The number of nitrogens with zero attached hydrogens (tertiary/aromatic N) is 2. The topological polar surface area (TPSA) is 85.5 Å². The summed E-state index contributed by atoms with van der Waals surface area (Å²) in [6, 6.07) is 25.9. The molecule has 0 spiro atoms. The van der Waals surface area contributed by atoms with E-state index >= 15 is 0 Å². The Balaban J connectivity index is 1.25. The minimum Gasteiger partial charge on any atom is -0.496 e. The van der Waals surface area contributed by atoms with Gasteiger partial charge in [0.15, 0.2) is 5.76 Å². The van der Waals surface area contributed by atoms with Crippen LogP contribution in [0.4, 0.5) is 4.39 Å². The first-order valence-corrected chi connectivity index (χ1v) is 13.1. The molecular formula is C33H27FN2O4. The van der Waals surface area contributed by atoms with E-state index in [4.69, 9.17) is 14.2 Å². The van der Waals surface area contributed by atoms with Crippen molar-refractivity contribution in [2.24, 2.45) is 0 Å². The maximum absolute atomic E-state index is 14.0. The summed E-state index contributed by atoms with van der Waals surface area (Å²) in [6.45, 7) is 1.90. The molecule has 7 heteroatoms. The van der Waals surface area contributed by atoms with Crippen LogP contribution in [0.25, 0.3) is 33.7 Å². The summed E-state index contributed by atoms with van der Waals surface area (Å²) in [5.74, 6) is 0.119. The number of methoxy groups -OCH3 is 1. The Labute approximate surface area is 231 Å². The molecule has 2 aromatic heterocycles. The van der Waals surface area contributed by atoms with Gasteiger partial charge in [0.25, 0.3) is 0 Å². The van der Waals surface area contributed by atoms with E-state index < -0.39 is 11.4 Å². The van der Waals surface area contributed by atoms with E-state index in [-0.39, 0.29) is 5.82 Å². The quantitative estimate of drug-likeness (QED) is 0.226. The van der Waals surface area contributed by atoms with Crippen molar-refractivity contribution >= 4 is 5.97 Å². The van der Waals surface area contributed by atoms with Crippen LogP contribution in [0, 0.1) is 12.7 Å². The van der Waals surface area contributed by atoms with Crippen molar-refractivity contribution in [1.29, 1.82) is 0 Å². The summed E-state index contributed by atoms with van der Waals surface area (Å²) >= 11 is 0. The van der Waals surface area contributed by atoms with E-state index in [1.54, 1.807) is 13.2 Å². The van der Waals surface area contributed by atoms with E-state index in [0.717, 1.165) is 39.2 Å². The van der Waals surface area contributed by atoms with Crippen LogP contribution in [-0.4, -0.2) is 28.3 Å². The van der Waals surface area contributed by atoms with Crippen molar-refractivity contribution in [3.8, 4) is 39.5 Å². The number of aromatic nitrogens is 2. The third-order valence-corrected chi connectivity index (χ3v) is 7.66. The highest BCUT2D eigenvalue weighted by molar-refractivity contribution is 5.85. The normalized spacial score (nSPS) is 13.7. The number of pyridine rings is 1. The standard InChI is InChI=1S/C33H27FN2O4/c1-20-27(19-26-4-3-5-29(35-26)28-18-25(34)14-15-30(28)39-2)31(40-36-20)23-8-6-21(7-9-23)22-10-12-24(13-11-22)33(16-17-33)32(37)38/h3-15,18H,16-17,19H2,1-2H3,(H,37,38). The number of carboxylic acids is 1. The maximum Gasteiger partial charge on any atom is 0.314 e. The van der Waals surface area contributed by atoms with Crippen LogP contribution < -0.4 is 4.74 Å². The molecule has 0 amide bonds. The first-order valence-electron chi connectivity index (χ1n) is 13.1. The number of aliphatic carboxylic acids is 1. The van der Waals surface area contributed by atoms with Crippen LogP contribution in [0.1, 0.15) is 35.4 Å². The summed E-state index contributed by atoms with van der Waals surface area (Å²) in [4.78, 5) is 16.4. The van der Waals surface area contributed by atoms with Crippen LogP contribution >= 0.6 is 0 Å². The Morgan fingerprint density at radius 2 is 1.65 bits per heavy atom. The first kappa shape index (κ1) is 25.5. The zero-order valence-corrected chi connectivity index (χ0v) is 22.1. The molecule has 6 rings (SSSR count). The second-order valence-corrected chi connectivity index (χ2v) is 10.2. The summed E-state index contributed by atoms with van der Waals surface area (Å²) in [7, 11) is 1.55. The van der Waals surface area contributed by atoms with E-state index in [2.05, 4.69) is 5.16 Å². The molecule has 0 bridgehead atoms. The summed E-state index contributed by atoms with van der Waals surface area (Å²) in [5.41, 5.74) is 6.78. The number of rotatable bonds is 8. The number of carbonyl (C=O) groups is 1. The summed E-state index contributed by atoms with van der Waals surface area (Å²) in [5, 5.41) is 13.8. The fraction of sp³-hybridized carbons (Fsp3) is 0.182. The lowest BCUT2D eigenvalue weighted by atomic mass is 9.93. The molecule has 5 aromatic rings. The molecule has 1 aliphatic rings. The number of hydrogen-bond donors (Lipinski definition) is 1. The zero-order valence-electron chi connectivity index (χ0n) is 22.1. The van der Waals surface area contributed by atoms with Crippen LogP contribution in [0.5, 0.6) is 5.75 Å². The molecule has 40 heavy (non-hydrogen) atoms. The Kier molecular flexibility index (Phi) is 6.42. The Hall–Kier alpha value is -4.78. The van der Waals surface area contributed by atoms with E-state index in [1.165, 1.54) is 12.1 Å². The van der Waals surface area contributed by atoms with Gasteiger partial charge in [-0.3, -0.25) is 9.78 Å². The van der Waals surface area contributed by atoms with Crippen molar-refractivity contribution in [2.45, 2.75) is 31.6 Å². The predicted molar refractivity (Wildman–Crippen MR) is 150 cm³/mol. The lowest BCUT2D eigenvalue weighted by molar-refractivity contribution is -0.140. The second-order valence-electron chi connectivity index (χ2n) is 10.2. The molecular weight excluding hydrogens is 507 g/mol. The molecule has 2 heterocycles. The molecule has 1 N–H and O–H groups in total. The zero-order chi connectivity index (χ0) is 27.9. The SMILES string of the molecule is COc1ccc(F)cc1-c1cccc(Cc2c(C)noc2-c2ccc(-c3ccc(C4(C(=O)O)CC4)cc3)cc2)n1. The minimum absolute atomic E-state index is 0.355. The van der Waals surface area contributed by atoms with Gasteiger partial charge in [0, 0.05) is 28.8 Å². The molecule has 1 fully saturated rings. The average Bonchev–Trinajstić information content (AvgIpc) is 3.72. The molecule has 6 nitrogen and oxygen atoms in total. The average molecular weight is 535 g/mol. The molecule has 200 valence electrons. The Morgan fingerprint density at radius 1 is 0.975 bits per heavy atom. The highest BCUT2D eigenvalue weighted by Crippen LogP contribution is 2.48. The number of halogens is 1. The van der Waals surface area contributed by atoms with Crippen LogP contribution in [0.15, 0.2) is 89.5 Å². The van der Waals surface area contributed by atoms with Crippen LogP contribution in [-0.2, 0) is 16.6 Å². The maximum atomic E-state index is 14.0. The molecule has 1 saturated carbocycles. The molecule has 0 aliphatic heterocycles. The van der Waals surface area contributed by atoms with Crippen molar-refractivity contribution in [3.05, 3.63) is 113 Å². The highest BCUT2D eigenvalue weighted by atomic mass is 19.1. The molecule has 0 saturated heterocycles. The van der Waals surface area contributed by atoms with Crippen LogP contribution in [0.3, 0.4) is 0 Å². The second kappa shape index (κ2) is 10.1. The number of carboxylic acid groups (broad SMARTS) is 1. The molecule has 0 unspecified atom stereocenters. The van der Waals surface area contributed by atoms with Gasteiger partial charge >= 0.3 is 5.97 Å². The third kappa shape index (κ3) is 4.64. The summed E-state index contributed by atoms with van der Waals surface area (Å²) in [6.07, 6.45) is 1.87. The first-order chi connectivity index (χ1) is 19.4. The number of aryl methyl sites for hydroxylation is 1. The number of benzene rings is 3. The molecule has 1 aliphatic carbocycles. The third-order valence-electron chi connectivity index (χ3n) is 7.66. The van der Waals surface area contributed by atoms with Gasteiger partial charge in [-0.25, -0.2) is 4.39 Å². The smallest absolute Gasteiger partial charge is 0.314 e. The Morgan fingerprint density at radius 3 is 2.30 bits per heavy atom. The molecule has 3 aromatic carbocycles. The van der Waals surface area contributed by atoms with Gasteiger partial charge in [0.2, 0.25) is 0 Å². The van der Waals surface area contributed by atoms with Gasteiger partial charge in [-0.1, -0.05) is 59.8 Å². The van der Waals surface area contributed by atoms with Gasteiger partial charge in [0.1, 0.15) is 11.6 Å². The fourth-order valence-corrected chi connectivity index (χ4v) is 5.16. The largest absolute Gasteiger partial charge is 0.496 e. The van der Waals surface area contributed by atoms with Gasteiger partial charge < -0.3 is 14.4 Å². The van der Waals surface area contributed by atoms with E-state index in [9.17, 15) is 14.3 Å².